The van der Waals surface area contributed by atoms with Gasteiger partial charge in [0.2, 0.25) is 0 Å². The van der Waals surface area contributed by atoms with E-state index < -0.39 is 0 Å². The third kappa shape index (κ3) is 2.21. The Balaban J connectivity index is 3.04. The average Bonchev–Trinajstić information content (AvgIpc) is 2.16. The molecule has 0 spiro atoms. The van der Waals surface area contributed by atoms with Gasteiger partial charge in [0.15, 0.2) is 6.17 Å². The van der Waals surface area contributed by atoms with Gasteiger partial charge in [0.05, 0.1) is 0 Å². The molecule has 0 fully saturated rings. The lowest BCUT2D eigenvalue weighted by Gasteiger charge is -2.08. The van der Waals surface area contributed by atoms with Crippen molar-refractivity contribution in [1.29, 1.82) is 0 Å². The van der Waals surface area contributed by atoms with Crippen LogP contribution in [0.3, 0.4) is 0 Å². The van der Waals surface area contributed by atoms with E-state index in [1.165, 1.54) is 0 Å². The van der Waals surface area contributed by atoms with Crippen molar-refractivity contribution in [2.45, 2.75) is 13.1 Å². The van der Waals surface area contributed by atoms with Gasteiger partial charge in [-0.05, 0) is 19.2 Å². The van der Waals surface area contributed by atoms with Gasteiger partial charge in [-0.2, -0.15) is 10.2 Å². The molecule has 1 aromatic rings. The summed E-state index contributed by atoms with van der Waals surface area (Å²) >= 11 is 0. The van der Waals surface area contributed by atoms with E-state index in [1.807, 2.05) is 31.2 Å². The summed E-state index contributed by atoms with van der Waals surface area (Å²) in [7, 11) is 1.64. The van der Waals surface area contributed by atoms with Gasteiger partial charge in [0, 0.05) is 12.6 Å². The lowest BCUT2D eigenvalue weighted by Crippen LogP contribution is -1.93. The van der Waals surface area contributed by atoms with E-state index in [9.17, 15) is 0 Å². The second-order valence-corrected chi connectivity index (χ2v) is 2.73. The van der Waals surface area contributed by atoms with Crippen molar-refractivity contribution in [1.82, 2.24) is 0 Å². The molecular formula is C10H13N3. The quantitative estimate of drug-likeness (QED) is 0.500. The van der Waals surface area contributed by atoms with E-state index in [4.69, 9.17) is 0 Å². The topological polar surface area (TPSA) is 37.1 Å². The number of hydrogen-bond donors (Lipinski definition) is 0. The molecule has 1 unspecified atom stereocenters. The Morgan fingerprint density at radius 3 is 2.54 bits per heavy atom. The summed E-state index contributed by atoms with van der Waals surface area (Å²) < 4.78 is 0. The van der Waals surface area contributed by atoms with Crippen molar-refractivity contribution in [3.63, 3.8) is 0 Å². The zero-order chi connectivity index (χ0) is 9.68. The summed E-state index contributed by atoms with van der Waals surface area (Å²) in [5.41, 5.74) is 2.22. The highest BCUT2D eigenvalue weighted by Crippen LogP contribution is 2.21. The highest BCUT2D eigenvalue weighted by atomic mass is 15.2. The molecule has 0 aliphatic heterocycles. The van der Waals surface area contributed by atoms with Crippen LogP contribution in [0.5, 0.6) is 0 Å². The van der Waals surface area contributed by atoms with Gasteiger partial charge in [-0.15, -0.1) is 0 Å². The van der Waals surface area contributed by atoms with Gasteiger partial charge in [-0.1, -0.05) is 24.3 Å². The van der Waals surface area contributed by atoms with Crippen molar-refractivity contribution in [2.24, 2.45) is 15.2 Å². The van der Waals surface area contributed by atoms with Gasteiger partial charge in [0.1, 0.15) is 0 Å². The Bertz CT molecular complexity index is 318. The molecule has 13 heavy (non-hydrogen) atoms. The standard InChI is InChI=1S/C10H13N3/c1-8-6-4-5-7-9(8)10(11-2)13-12-3/h4-7,10H,2H2,1,3H3. The van der Waals surface area contributed by atoms with E-state index in [2.05, 4.69) is 21.9 Å². The number of aryl methyl sites for hydroxylation is 1. The predicted octanol–water partition coefficient (Wildman–Crippen LogP) is 2.78. The zero-order valence-corrected chi connectivity index (χ0v) is 7.94. The largest absolute Gasteiger partial charge is 0.268 e. The Hall–Kier alpha value is -1.51. The fraction of sp³-hybridized carbons (Fsp3) is 0.300. The van der Waals surface area contributed by atoms with E-state index in [0.717, 1.165) is 11.1 Å². The molecule has 0 aliphatic rings. The van der Waals surface area contributed by atoms with Crippen LogP contribution in [0.25, 0.3) is 0 Å². The zero-order valence-electron chi connectivity index (χ0n) is 7.94. The van der Waals surface area contributed by atoms with E-state index >= 15 is 0 Å². The third-order valence-corrected chi connectivity index (χ3v) is 1.86. The molecule has 3 nitrogen and oxygen atoms in total. The van der Waals surface area contributed by atoms with Crippen LogP contribution in [0.2, 0.25) is 0 Å². The predicted molar refractivity (Wildman–Crippen MR) is 54.2 cm³/mol. The minimum absolute atomic E-state index is 0.258. The van der Waals surface area contributed by atoms with Crippen LogP contribution < -0.4 is 0 Å². The Morgan fingerprint density at radius 2 is 2.00 bits per heavy atom. The van der Waals surface area contributed by atoms with E-state index in [-0.39, 0.29) is 6.17 Å². The van der Waals surface area contributed by atoms with Crippen LogP contribution in [0.15, 0.2) is 39.5 Å². The van der Waals surface area contributed by atoms with Gasteiger partial charge >= 0.3 is 0 Å². The summed E-state index contributed by atoms with van der Waals surface area (Å²) in [6.07, 6.45) is -0.258. The first-order valence-corrected chi connectivity index (χ1v) is 4.10. The number of benzene rings is 1. The molecule has 1 aromatic carbocycles. The Morgan fingerprint density at radius 1 is 1.31 bits per heavy atom. The molecule has 0 bridgehead atoms. The van der Waals surface area contributed by atoms with Crippen LogP contribution in [0.4, 0.5) is 0 Å². The monoisotopic (exact) mass is 175 g/mol. The number of aliphatic imine (C=N–C) groups is 1. The van der Waals surface area contributed by atoms with Crippen molar-refractivity contribution in [2.75, 3.05) is 7.05 Å². The molecule has 0 N–H and O–H groups in total. The smallest absolute Gasteiger partial charge is 0.184 e. The molecule has 0 radical (unpaired) electrons. The van der Waals surface area contributed by atoms with Gasteiger partial charge in [0.25, 0.3) is 0 Å². The molecule has 68 valence electrons. The first kappa shape index (κ1) is 9.58. The maximum absolute atomic E-state index is 3.97. The molecule has 0 amide bonds. The molecule has 3 heteroatoms. The molecule has 1 rings (SSSR count). The molecule has 0 aliphatic carbocycles. The van der Waals surface area contributed by atoms with Gasteiger partial charge < -0.3 is 0 Å². The number of rotatable bonds is 3. The summed E-state index contributed by atoms with van der Waals surface area (Å²) in [6, 6.07) is 7.97. The molecule has 0 saturated carbocycles. The van der Waals surface area contributed by atoms with Crippen molar-refractivity contribution in [3.8, 4) is 0 Å². The van der Waals surface area contributed by atoms with Crippen LogP contribution in [-0.2, 0) is 0 Å². The van der Waals surface area contributed by atoms with E-state index in [1.54, 1.807) is 7.05 Å². The number of azo groups is 1. The fourth-order valence-corrected chi connectivity index (χ4v) is 1.18. The average molecular weight is 175 g/mol. The second-order valence-electron chi connectivity index (χ2n) is 2.73. The first-order chi connectivity index (χ1) is 6.29. The third-order valence-electron chi connectivity index (χ3n) is 1.86. The summed E-state index contributed by atoms with van der Waals surface area (Å²) in [6.45, 7) is 5.52. The second kappa shape index (κ2) is 4.50. The number of nitrogens with zero attached hydrogens (tertiary/aromatic N) is 3. The lowest BCUT2D eigenvalue weighted by atomic mass is 10.1. The van der Waals surface area contributed by atoms with Crippen molar-refractivity contribution < 1.29 is 0 Å². The summed E-state index contributed by atoms with van der Waals surface area (Å²) in [5, 5.41) is 7.69. The van der Waals surface area contributed by atoms with Gasteiger partial charge in [-0.25, -0.2) is 0 Å². The highest BCUT2D eigenvalue weighted by molar-refractivity contribution is 5.32. The van der Waals surface area contributed by atoms with Crippen molar-refractivity contribution >= 4 is 6.72 Å². The molecule has 0 saturated heterocycles. The fourth-order valence-electron chi connectivity index (χ4n) is 1.18. The number of hydrogen-bond acceptors (Lipinski definition) is 3. The van der Waals surface area contributed by atoms with Crippen LogP contribution in [0, 0.1) is 6.92 Å². The van der Waals surface area contributed by atoms with Crippen LogP contribution in [0.1, 0.15) is 17.3 Å². The maximum atomic E-state index is 3.97. The molecule has 1 atom stereocenters. The molecule has 0 aromatic heterocycles. The summed E-state index contributed by atoms with van der Waals surface area (Å²) in [5.74, 6) is 0. The minimum atomic E-state index is -0.258. The van der Waals surface area contributed by atoms with Gasteiger partial charge in [-0.3, -0.25) is 4.99 Å². The maximum Gasteiger partial charge on any atom is 0.184 e. The Kier molecular flexibility index (Phi) is 3.31. The summed E-state index contributed by atoms with van der Waals surface area (Å²) in [4.78, 5) is 3.90. The normalized spacial score (nSPS) is 13.1. The van der Waals surface area contributed by atoms with E-state index in [0.29, 0.717) is 0 Å². The van der Waals surface area contributed by atoms with Crippen molar-refractivity contribution in [3.05, 3.63) is 35.4 Å². The SMILES string of the molecule is C=NC(N=NC)c1ccccc1C. The van der Waals surface area contributed by atoms with Crippen LogP contribution >= 0.6 is 0 Å². The molecular weight excluding hydrogens is 162 g/mol. The highest BCUT2D eigenvalue weighted by Gasteiger charge is 2.08. The first-order valence-electron chi connectivity index (χ1n) is 4.10. The lowest BCUT2D eigenvalue weighted by molar-refractivity contribution is 0.720. The Labute approximate surface area is 78.2 Å². The minimum Gasteiger partial charge on any atom is -0.268 e. The molecule has 0 heterocycles. The van der Waals surface area contributed by atoms with Crippen LogP contribution in [-0.4, -0.2) is 13.8 Å².